The molecule has 9 nitrogen and oxygen atoms in total. The number of carbonyl (C=O) groups is 4. The number of carboxylic acids is 2. The Labute approximate surface area is 295 Å². The molecule has 4 aromatic rings. The molecule has 2 heterocycles. The summed E-state index contributed by atoms with van der Waals surface area (Å²) in [5.41, 5.74) is -0.366. The summed E-state index contributed by atoms with van der Waals surface area (Å²) < 4.78 is 16.8. The van der Waals surface area contributed by atoms with Crippen LogP contribution in [0.5, 0.6) is 11.5 Å². The molecule has 2 aromatic heterocycles. The van der Waals surface area contributed by atoms with Crippen LogP contribution in [0.4, 0.5) is 0 Å². The van der Waals surface area contributed by atoms with Crippen molar-refractivity contribution in [1.82, 2.24) is 0 Å². The number of aliphatic carboxylic acids is 1. The standard InChI is InChI=1S/C13H11ClO4S.C10H7ClO3S.C7H13O2.BrH.Zn/c1-18-10-4-7-5-12(9(15)2-3-13(16)17)19-11(7)6-8(10)14;1-14-7-2-5-3-9(10(12)13)15-8(5)4-6(7)11;1-5-6(8)9-7(2,3)4;;/h4-6H,2-3H2,1H3,(H,16,17);2-4H,1H3,(H,12,13);1,5H2,2-4H3;1H;/q;;-1;;+2/p-1. The second-order valence-corrected chi connectivity index (χ2v) is 12.7. The average molecular weight is 816 g/mol. The van der Waals surface area contributed by atoms with E-state index in [0.717, 1.165) is 20.2 Å². The van der Waals surface area contributed by atoms with Crippen LogP contribution in [0.2, 0.25) is 10.0 Å². The number of fused-ring (bicyclic) bond motifs is 2. The zero-order valence-corrected chi connectivity index (χ0v) is 32.9. The van der Waals surface area contributed by atoms with Gasteiger partial charge < -0.3 is 31.3 Å². The van der Waals surface area contributed by atoms with E-state index in [9.17, 15) is 19.2 Å². The minimum atomic E-state index is -0.973. The van der Waals surface area contributed by atoms with Crippen LogP contribution in [0.25, 0.3) is 20.2 Å². The topological polar surface area (TPSA) is 136 Å². The van der Waals surface area contributed by atoms with E-state index in [1.54, 1.807) is 36.4 Å². The van der Waals surface area contributed by atoms with Gasteiger partial charge in [-0.2, -0.15) is 0 Å². The van der Waals surface area contributed by atoms with Gasteiger partial charge in [-0.3, -0.25) is 14.4 Å². The van der Waals surface area contributed by atoms with Gasteiger partial charge in [-0.15, -0.1) is 22.7 Å². The number of benzene rings is 2. The fraction of sp³-hybridized carbons (Fsp3) is 0.300. The van der Waals surface area contributed by atoms with Gasteiger partial charge >= 0.3 is 41.9 Å². The van der Waals surface area contributed by atoms with Gasteiger partial charge in [0.2, 0.25) is 0 Å². The molecule has 0 radical (unpaired) electrons. The molecule has 240 valence electrons. The number of thiophene rings is 2. The van der Waals surface area contributed by atoms with Crippen molar-refractivity contribution in [3.8, 4) is 11.5 Å². The molecule has 45 heavy (non-hydrogen) atoms. The molecule has 0 bridgehead atoms. The van der Waals surface area contributed by atoms with Crippen molar-refractivity contribution >= 4 is 103 Å². The van der Waals surface area contributed by atoms with E-state index in [1.165, 1.54) is 53.2 Å². The van der Waals surface area contributed by atoms with E-state index < -0.39 is 11.9 Å². The zero-order valence-electron chi connectivity index (χ0n) is 25.2. The fourth-order valence-electron chi connectivity index (χ4n) is 3.37. The van der Waals surface area contributed by atoms with Crippen LogP contribution >= 0.6 is 59.5 Å². The first-order valence-electron chi connectivity index (χ1n) is 12.9. The Hall–Kier alpha value is -2.28. The van der Waals surface area contributed by atoms with Crippen molar-refractivity contribution in [3.05, 3.63) is 63.1 Å². The van der Waals surface area contributed by atoms with Crippen LogP contribution in [0.3, 0.4) is 0 Å². The number of carbonyl (C=O) groups excluding carboxylic acids is 2. The Kier molecular flexibility index (Phi) is 17.6. The van der Waals surface area contributed by atoms with Crippen molar-refractivity contribution < 1.29 is 59.9 Å². The molecule has 0 saturated carbocycles. The molecule has 2 N–H and O–H groups in total. The van der Waals surface area contributed by atoms with Gasteiger partial charge in [0, 0.05) is 15.8 Å². The van der Waals surface area contributed by atoms with E-state index in [4.69, 9.17) is 47.6 Å². The SMILES string of the molecule is COc1cc2cc(C(=O)CCC(=O)O)sc2cc1Cl.COc1cc2cc(C(=O)O)sc2cc1Cl.[CH2-]CC(=O)OC(C)(C)C.[Zn+][Br]. The third-order valence-corrected chi connectivity index (χ3v) is 8.07. The number of Topliss-reactive ketones (excluding diaryl/α,β-unsaturated/α-hetero) is 1. The van der Waals surface area contributed by atoms with Gasteiger partial charge in [0.05, 0.1) is 35.6 Å². The predicted octanol–water partition coefficient (Wildman–Crippen LogP) is 9.27. The summed E-state index contributed by atoms with van der Waals surface area (Å²) in [5, 5.41) is 20.1. The van der Waals surface area contributed by atoms with Gasteiger partial charge in [-0.1, -0.05) is 29.6 Å². The fourth-order valence-corrected chi connectivity index (χ4v) is 5.96. The Balaban J connectivity index is 0.000000348. The summed E-state index contributed by atoms with van der Waals surface area (Å²) in [6.45, 7) is 8.90. The molecule has 0 unspecified atom stereocenters. The molecule has 2 aromatic carbocycles. The molecule has 0 aliphatic carbocycles. The second-order valence-electron chi connectivity index (χ2n) is 9.73. The van der Waals surface area contributed by atoms with Gasteiger partial charge in [0.15, 0.2) is 5.78 Å². The first-order valence-corrected chi connectivity index (χ1v) is 22.2. The molecular weight excluding hydrogens is 785 g/mol. The first kappa shape index (κ1) is 40.7. The summed E-state index contributed by atoms with van der Waals surface area (Å²) >= 11 is 18.7. The van der Waals surface area contributed by atoms with Crippen LogP contribution in [0.15, 0.2) is 36.4 Å². The minimum absolute atomic E-state index is 0.00697. The molecule has 0 fully saturated rings. The molecule has 0 aliphatic heterocycles. The summed E-state index contributed by atoms with van der Waals surface area (Å²) in [5.74, 6) is -1.21. The van der Waals surface area contributed by atoms with E-state index in [0.29, 0.717) is 31.3 Å². The summed E-state index contributed by atoms with van der Waals surface area (Å²) in [6.07, 6.45) is 0.0570. The van der Waals surface area contributed by atoms with Crippen LogP contribution in [-0.2, 0) is 30.7 Å². The maximum absolute atomic E-state index is 11.8. The van der Waals surface area contributed by atoms with Gasteiger partial charge in [-0.25, -0.2) is 4.79 Å². The number of ether oxygens (including phenoxy) is 3. The van der Waals surface area contributed by atoms with Gasteiger partial charge in [0.25, 0.3) is 5.97 Å². The number of ketones is 1. The van der Waals surface area contributed by atoms with Gasteiger partial charge in [0.1, 0.15) is 22.0 Å². The number of hydrogen-bond donors (Lipinski definition) is 2. The molecule has 0 atom stereocenters. The third-order valence-electron chi connectivity index (χ3n) is 5.26. The first-order chi connectivity index (χ1) is 21.1. The number of halogens is 3. The third kappa shape index (κ3) is 13.5. The number of rotatable bonds is 8. The molecule has 0 amide bonds. The van der Waals surface area contributed by atoms with E-state index >= 15 is 0 Å². The number of carboxylic acid groups (broad SMARTS) is 2. The Morgan fingerprint density at radius 1 is 0.822 bits per heavy atom. The summed E-state index contributed by atoms with van der Waals surface area (Å²) in [7, 11) is 3.05. The van der Waals surface area contributed by atoms with Crippen molar-refractivity contribution in [2.45, 2.75) is 45.6 Å². The number of esters is 1. The molecular formula is C30H31BrCl2O9S2Zn. The second kappa shape index (κ2) is 19.4. The Morgan fingerprint density at radius 3 is 1.62 bits per heavy atom. The maximum atomic E-state index is 11.8. The van der Waals surface area contributed by atoms with Crippen LogP contribution in [-0.4, -0.2) is 53.7 Å². The molecule has 0 aliphatic rings. The number of hydrogen-bond acceptors (Lipinski definition) is 9. The van der Waals surface area contributed by atoms with Crippen LogP contribution in [0, 0.1) is 6.92 Å². The predicted molar refractivity (Wildman–Crippen MR) is 180 cm³/mol. The van der Waals surface area contributed by atoms with Crippen molar-refractivity contribution in [1.29, 1.82) is 0 Å². The van der Waals surface area contributed by atoms with Crippen LogP contribution in [0.1, 0.15) is 59.4 Å². The van der Waals surface area contributed by atoms with Crippen molar-refractivity contribution in [2.75, 3.05) is 14.2 Å². The average Bonchev–Trinajstić information content (AvgIpc) is 3.59. The number of aromatic carboxylic acids is 1. The summed E-state index contributed by atoms with van der Waals surface area (Å²) in [4.78, 5) is 44.4. The summed E-state index contributed by atoms with van der Waals surface area (Å²) in [6, 6.07) is 10.3. The molecule has 4 rings (SSSR count). The number of methoxy groups -OCH3 is 2. The molecule has 15 heteroatoms. The monoisotopic (exact) mass is 812 g/mol. The van der Waals surface area contributed by atoms with Crippen LogP contribution < -0.4 is 9.47 Å². The van der Waals surface area contributed by atoms with E-state index in [2.05, 4.69) is 20.5 Å². The zero-order chi connectivity index (χ0) is 34.5. The Bertz CT molecular complexity index is 1630. The van der Waals surface area contributed by atoms with E-state index in [-0.39, 0.29) is 36.6 Å². The normalized spacial score (nSPS) is 10.4. The molecule has 0 saturated heterocycles. The Morgan fingerprint density at radius 2 is 1.27 bits per heavy atom. The van der Waals surface area contributed by atoms with Crippen molar-refractivity contribution in [3.63, 3.8) is 0 Å². The van der Waals surface area contributed by atoms with Crippen molar-refractivity contribution in [2.24, 2.45) is 0 Å². The van der Waals surface area contributed by atoms with Gasteiger partial charge in [-0.05, 0) is 67.9 Å². The van der Waals surface area contributed by atoms with E-state index in [1.807, 2.05) is 20.8 Å². The quantitative estimate of drug-likeness (QED) is 0.0772. The molecule has 0 spiro atoms.